The fourth-order valence-corrected chi connectivity index (χ4v) is 6.91. The van der Waals surface area contributed by atoms with Crippen LogP contribution in [-0.2, 0) is 24.0 Å². The van der Waals surface area contributed by atoms with Crippen LogP contribution in [0.15, 0.2) is 54.6 Å². The van der Waals surface area contributed by atoms with E-state index < -0.39 is 333 Å². The average molecular weight is 1380 g/mol. The first-order valence-electron chi connectivity index (χ1n) is 58.3. The van der Waals surface area contributed by atoms with Crippen molar-refractivity contribution < 1.29 is 179 Å². The van der Waals surface area contributed by atoms with Gasteiger partial charge in [0.2, 0.25) is 17.1 Å². The molecule has 3 aromatic carbocycles. The van der Waals surface area contributed by atoms with Crippen LogP contribution in [0.3, 0.4) is 0 Å². The molecule has 3 fully saturated rings. The monoisotopic (exact) mass is 1380 g/mol. The Morgan fingerprint density at radius 2 is 0.793 bits per heavy atom. The number of ether oxygens (including phenoxy) is 6. The molecule has 3 aromatic rings. The molecule has 24 nitrogen and oxygen atoms in total. The third kappa shape index (κ3) is 27.5. The Labute approximate surface area is 639 Å². The molecule has 0 radical (unpaired) electrons. The van der Waals surface area contributed by atoms with Crippen LogP contribution in [0.1, 0.15) is 261 Å². The summed E-state index contributed by atoms with van der Waals surface area (Å²) in [5, 5.41) is 69.2. The van der Waals surface area contributed by atoms with Crippen LogP contribution in [0.25, 0.3) is 0 Å². The fourth-order valence-electron chi connectivity index (χ4n) is 6.91. The number of nitrogens with two attached hydrogens (primary N) is 1. The number of carbonyl (C=O) groups is 5. The van der Waals surface area contributed by atoms with Gasteiger partial charge >= 0.3 is 11.9 Å². The smallest absolute Gasteiger partial charge is 0.335 e. The second kappa shape index (κ2) is 42.3. The van der Waals surface area contributed by atoms with E-state index in [0.29, 0.717) is 4.90 Å². The summed E-state index contributed by atoms with van der Waals surface area (Å²) in [6.45, 7) is -49.5. The number of aliphatic hydroxyl groups is 5. The van der Waals surface area contributed by atoms with Crippen molar-refractivity contribution in [2.75, 3.05) is 98.0 Å². The highest BCUT2D eigenvalue weighted by atomic mass is 35.5. The Balaban J connectivity index is 0.000000402. The number of carboxylic acid groups (broad SMARTS) is 2. The van der Waals surface area contributed by atoms with E-state index in [1.165, 1.54) is 19.1 Å². The second-order valence-electron chi connectivity index (χ2n) is 17.3. The number of nitrogens with zero attached hydrogens (tertiary/aromatic N) is 3. The lowest BCUT2D eigenvalue weighted by Gasteiger charge is -2.29. The molecule has 2 amide bonds. The number of aliphatic carboxylic acids is 2. The van der Waals surface area contributed by atoms with E-state index in [2.05, 4.69) is 11.6 Å². The van der Waals surface area contributed by atoms with Gasteiger partial charge in [-0.1, -0.05) is 82.9 Å². The first kappa shape index (κ1) is 25.5. The Morgan fingerprint density at radius 1 is 0.500 bits per heavy atom. The Kier molecular flexibility index (Phi) is 11.7. The van der Waals surface area contributed by atoms with Gasteiger partial charge in [0.15, 0.2) is 46.7 Å². The molecule has 0 bridgehead atoms. The maximum atomic E-state index is 13.7. The van der Waals surface area contributed by atoms with Gasteiger partial charge in [0, 0.05) is 119 Å². The number of carboxylic acids is 2. The number of amides is 2. The number of rotatable bonds is 29. The SMILES string of the molecule is CC(=O)Cl.O=C(O)[C@H](O)[C@@H](O)C(=O)O.[2H]C([2H])([2H])C([2H])([2H])C([2H])([2H])C([2H])([2H])C([2H])([2H])C([2H])([2H])C([2H])([2H])C(=O)N[C@H](CN1C([2H])([2H])C([2H])([2H])C([2H])([2H])C1([2H])[2H])[C@H](O)c1ccc2c(c1)OC([2H])([2H])C([2H])([2H])O2.[2H]C([2H])([2H])C([2H])([2H])C([2H])([2H])C([2H])([2H])C([2H])([2H])C([2H])([2H])C([2H])([2H])C(=O)N[C@H](CN1C([2H])([2H])C([2H])([2H])C([2H])([2H])C1([2H])[2H])[C@H](O)c1ccc2c(c1)OC([2H])([2H])C([2H])([2H])O2.[2H]C1([2H])Oc2ccc([C@@H](O)[C@H](N)CN3C([2H])([2H])C([2H])([2H])C([2H])([2H])C3([2H])[2H])cc2OC1([2H])[2H]. The second-order valence-corrected chi connectivity index (χ2v) is 17.8. The molecule has 11 N–H and O–H groups in total. The number of halogens is 1. The van der Waals surface area contributed by atoms with Crippen LogP contribution in [0, 0.1) is 0 Å². The Morgan fingerprint density at radius 3 is 1.11 bits per heavy atom. The summed E-state index contributed by atoms with van der Waals surface area (Å²) in [6.07, 6.45) is -86.6. The summed E-state index contributed by atoms with van der Waals surface area (Å²) in [6, 6.07) is 2.44. The zero-order valence-corrected chi connectivity index (χ0v) is 47.6. The van der Waals surface area contributed by atoms with Gasteiger partial charge in [0.1, 0.15) is 51.6 Å². The van der Waals surface area contributed by atoms with Gasteiger partial charge in [0.25, 0.3) is 0 Å². The third-order valence-electron chi connectivity index (χ3n) is 11.0. The maximum Gasteiger partial charge on any atom is 0.335 e. The lowest BCUT2D eigenvalue weighted by atomic mass is 10.0. The van der Waals surface area contributed by atoms with E-state index in [1.807, 2.05) is 0 Å². The van der Waals surface area contributed by atoms with Crippen molar-refractivity contribution in [1.29, 1.82) is 0 Å². The van der Waals surface area contributed by atoms with Crippen LogP contribution in [-0.4, -0.2) is 208 Å². The number of hydrogen-bond acceptors (Lipinski definition) is 20. The third-order valence-corrected chi connectivity index (χ3v) is 11.0. The highest BCUT2D eigenvalue weighted by Gasteiger charge is 2.32. The lowest BCUT2D eigenvalue weighted by Crippen LogP contribution is -2.46. The average Bonchev–Trinajstić information content (AvgIpc) is 1.48. The summed E-state index contributed by atoms with van der Waals surface area (Å²) in [5.74, 6) is -10.8. The minimum atomic E-state index is -4.67. The van der Waals surface area contributed by atoms with Gasteiger partial charge in [-0.15, -0.1) is 0 Å². The van der Waals surface area contributed by atoms with Crippen molar-refractivity contribution in [3.63, 3.8) is 0 Å². The Hall–Kier alpha value is -6.06. The molecule has 0 spiro atoms. The summed E-state index contributed by atoms with van der Waals surface area (Å²) >= 11 is 4.64. The van der Waals surface area contributed by atoms with Crippen LogP contribution < -0.4 is 44.8 Å². The molecule has 516 valence electrons. The number of hydrogen-bond donors (Lipinski definition) is 10. The van der Waals surface area contributed by atoms with Crippen molar-refractivity contribution in [2.45, 2.75) is 184 Å². The number of nitrogens with one attached hydrogen (secondary N) is 2. The lowest BCUT2D eigenvalue weighted by molar-refractivity contribution is -0.165. The van der Waals surface area contributed by atoms with E-state index in [1.54, 1.807) is 10.6 Å². The number of carbonyl (C=O) groups excluding carboxylic acids is 3. The van der Waals surface area contributed by atoms with E-state index in [9.17, 15) is 39.3 Å². The molecule has 6 aliphatic heterocycles. The van der Waals surface area contributed by atoms with E-state index in [0.717, 1.165) is 42.5 Å². The van der Waals surface area contributed by atoms with Crippen molar-refractivity contribution in [2.24, 2.45) is 5.73 Å². The molecule has 0 aromatic heterocycles. The van der Waals surface area contributed by atoms with Crippen molar-refractivity contribution in [3.8, 4) is 34.5 Å². The van der Waals surface area contributed by atoms with E-state index in [4.69, 9.17) is 145 Å². The molecule has 25 heteroatoms. The molecule has 92 heavy (non-hydrogen) atoms. The molecular weight excluding hydrogens is 1210 g/mol. The van der Waals surface area contributed by atoms with Crippen LogP contribution in [0.2, 0.25) is 0 Å². The predicted octanol–water partition coefficient (Wildman–Crippen LogP) is 6.43. The zero-order valence-electron chi connectivity index (χ0n) is 113. The number of benzene rings is 3. The van der Waals surface area contributed by atoms with Crippen LogP contribution >= 0.6 is 11.6 Å². The van der Waals surface area contributed by atoms with Crippen molar-refractivity contribution in [1.82, 2.24) is 25.3 Å². The quantitative estimate of drug-likeness (QED) is 0.0335. The van der Waals surface area contributed by atoms with Gasteiger partial charge in [-0.2, -0.15) is 0 Å². The molecule has 8 atom stereocenters. The minimum absolute atomic E-state index is 0.0319. The number of aliphatic hydroxyl groups excluding tert-OH is 5. The zero-order chi connectivity index (χ0) is 126. The van der Waals surface area contributed by atoms with Gasteiger partial charge in [-0.05, 0) is 155 Å². The summed E-state index contributed by atoms with van der Waals surface area (Å²) in [5.41, 5.74) is 4.92. The van der Waals surface area contributed by atoms with Crippen LogP contribution in [0.4, 0.5) is 0 Å². The first-order valence-corrected chi connectivity index (χ1v) is 25.7. The molecule has 3 saturated heterocycles. The molecule has 6 heterocycles. The largest absolute Gasteiger partial charge is 0.486 e. The van der Waals surface area contributed by atoms with Crippen LogP contribution in [0.5, 0.6) is 34.5 Å². The summed E-state index contributed by atoms with van der Waals surface area (Å²) in [7, 11) is 0. The Bertz CT molecular complexity index is 5430. The first-order chi connectivity index (χ1) is 69.0. The summed E-state index contributed by atoms with van der Waals surface area (Å²) in [4.78, 5) is 56.2. The predicted molar refractivity (Wildman–Crippen MR) is 347 cm³/mol. The normalized spacial score (nSPS) is 41.0. The fraction of sp³-hybridized carbons (Fsp3) is 0.657. The van der Waals surface area contributed by atoms with Gasteiger partial charge in [-0.3, -0.25) is 14.4 Å². The van der Waals surface area contributed by atoms with Gasteiger partial charge in [-0.25, -0.2) is 9.59 Å². The van der Waals surface area contributed by atoms with Crippen molar-refractivity contribution >= 4 is 40.6 Å². The maximum absolute atomic E-state index is 13.7. The highest BCUT2D eigenvalue weighted by molar-refractivity contribution is 6.62. The highest BCUT2D eigenvalue weighted by Crippen LogP contribution is 2.36. The molecule has 0 aliphatic carbocycles. The number of likely N-dealkylation sites (tertiary alicyclic amines) is 3. The molecule has 0 saturated carbocycles. The van der Waals surface area contributed by atoms with E-state index >= 15 is 0 Å². The summed E-state index contributed by atoms with van der Waals surface area (Å²) < 4.78 is 555. The molecule has 6 aliphatic rings. The van der Waals surface area contributed by atoms with Gasteiger partial charge in [0.05, 0.1) is 34.6 Å². The van der Waals surface area contributed by atoms with Crippen molar-refractivity contribution in [3.05, 3.63) is 71.3 Å². The minimum Gasteiger partial charge on any atom is -0.486 e. The molecule has 9 rings (SSSR count). The molecule has 0 unspecified atom stereocenters. The van der Waals surface area contributed by atoms with E-state index in [-0.39, 0.29) is 32.1 Å². The topological polar surface area (TPSA) is 342 Å². The standard InChI is InChI=1S/2C23H36N2O4.C15H22N2O3.C4H6O6.C2H3ClO/c2*1-2-3-4-5-6-9-22(26)24-19(17-25-12-7-8-13-25)23(27)18-10-11-20-21(16-18)29-15-14-28-20;16-12(10-17-5-1-2-6-17)15(18)11-3-4-13-14(9-11)20-8-7-19-13;5-1(3(7)8)2(6)4(9)10;1-2(3)4/h2*10-11,16,19,23,27H,2-9,12-15,17H2,1H3,(H,24,26);3-4,9,12,15,18H,1-2,5-8,10,16H2;1-2,5-6H,(H,7,8)(H,9,10);1H3/t2*19-,23-;12-,15-;1-,2-;/m1111./s1/i2*1D3,2D2,3D2,4D2,5D2,6D2,7D2,8D2,9D2,12D2,13D2,14D2,15D2;1D2,2D2,5D2,6D2,7D2,8D2;;. The number of fused-ring (bicyclic) bond motifs is 3. The van der Waals surface area contributed by atoms with Gasteiger partial charge < -0.3 is 95.2 Å². The molecular formula is C67H103ClN6O18.